The molecule has 0 aromatic heterocycles. The molecule has 1 aliphatic rings. The lowest BCUT2D eigenvalue weighted by atomic mass is 9.67. The number of benzene rings is 1. The molecule has 0 heterocycles. The van der Waals surface area contributed by atoms with Crippen molar-refractivity contribution in [2.24, 2.45) is 5.41 Å². The van der Waals surface area contributed by atoms with Gasteiger partial charge in [-0.05, 0) is 42.9 Å². The molecule has 0 aliphatic heterocycles. The summed E-state index contributed by atoms with van der Waals surface area (Å²) < 4.78 is 4.67. The molecule has 0 unspecified atom stereocenters. The molecular formula is C15H22N2O2. The maximum atomic E-state index is 11.4. The van der Waals surface area contributed by atoms with Crippen LogP contribution in [0.25, 0.3) is 0 Å². The van der Waals surface area contributed by atoms with E-state index >= 15 is 0 Å². The van der Waals surface area contributed by atoms with Gasteiger partial charge in [-0.25, -0.2) is 4.79 Å². The minimum absolute atomic E-state index is 0.359. The third-order valence-corrected chi connectivity index (χ3v) is 4.29. The number of esters is 1. The minimum Gasteiger partial charge on any atom is -0.465 e. The van der Waals surface area contributed by atoms with Crippen LogP contribution in [0, 0.1) is 5.41 Å². The van der Waals surface area contributed by atoms with Gasteiger partial charge in [0.1, 0.15) is 0 Å². The van der Waals surface area contributed by atoms with Crippen LogP contribution in [0.4, 0.5) is 11.4 Å². The molecule has 1 saturated carbocycles. The van der Waals surface area contributed by atoms with Crippen molar-refractivity contribution in [3.63, 3.8) is 0 Å². The second-order valence-electron chi connectivity index (χ2n) is 5.35. The van der Waals surface area contributed by atoms with E-state index in [0.717, 1.165) is 12.2 Å². The van der Waals surface area contributed by atoms with Gasteiger partial charge < -0.3 is 15.8 Å². The Morgan fingerprint density at radius 1 is 1.47 bits per heavy atom. The van der Waals surface area contributed by atoms with Gasteiger partial charge in [-0.15, -0.1) is 0 Å². The first-order valence-corrected chi connectivity index (χ1v) is 6.82. The first kappa shape index (κ1) is 13.7. The molecule has 4 heteroatoms. The second kappa shape index (κ2) is 5.51. The summed E-state index contributed by atoms with van der Waals surface area (Å²) in [5, 5.41) is 3.41. The van der Waals surface area contributed by atoms with Crippen molar-refractivity contribution in [1.82, 2.24) is 0 Å². The SMILES string of the molecule is CCC1(CNc2ccc(C(=O)OC)cc2N)CCC1. The lowest BCUT2D eigenvalue weighted by Crippen LogP contribution is -2.36. The summed E-state index contributed by atoms with van der Waals surface area (Å²) in [6, 6.07) is 5.25. The number of carbonyl (C=O) groups is 1. The summed E-state index contributed by atoms with van der Waals surface area (Å²) in [5.74, 6) is -0.359. The van der Waals surface area contributed by atoms with Gasteiger partial charge in [0.2, 0.25) is 0 Å². The number of methoxy groups -OCH3 is 1. The molecule has 4 nitrogen and oxygen atoms in total. The van der Waals surface area contributed by atoms with Crippen molar-refractivity contribution in [3.05, 3.63) is 23.8 Å². The van der Waals surface area contributed by atoms with Gasteiger partial charge in [0.25, 0.3) is 0 Å². The molecule has 0 radical (unpaired) electrons. The quantitative estimate of drug-likeness (QED) is 0.632. The Morgan fingerprint density at radius 3 is 2.68 bits per heavy atom. The maximum absolute atomic E-state index is 11.4. The number of nitrogens with two attached hydrogens (primary N) is 1. The normalized spacial score (nSPS) is 16.5. The third kappa shape index (κ3) is 2.83. The van der Waals surface area contributed by atoms with Crippen LogP contribution >= 0.6 is 0 Å². The van der Waals surface area contributed by atoms with Gasteiger partial charge >= 0.3 is 5.97 Å². The Kier molecular flexibility index (Phi) is 3.98. The smallest absolute Gasteiger partial charge is 0.337 e. The lowest BCUT2D eigenvalue weighted by Gasteiger charge is -2.41. The third-order valence-electron chi connectivity index (χ3n) is 4.29. The maximum Gasteiger partial charge on any atom is 0.337 e. The van der Waals surface area contributed by atoms with Crippen LogP contribution in [0.3, 0.4) is 0 Å². The second-order valence-corrected chi connectivity index (χ2v) is 5.35. The summed E-state index contributed by atoms with van der Waals surface area (Å²) in [6.45, 7) is 3.19. The molecule has 19 heavy (non-hydrogen) atoms. The van der Waals surface area contributed by atoms with Crippen molar-refractivity contribution >= 4 is 17.3 Å². The molecule has 0 saturated heterocycles. The lowest BCUT2D eigenvalue weighted by molar-refractivity contribution is 0.0601. The van der Waals surface area contributed by atoms with E-state index in [0.29, 0.717) is 16.7 Å². The van der Waals surface area contributed by atoms with Gasteiger partial charge in [-0.2, -0.15) is 0 Å². The molecule has 1 aromatic rings. The summed E-state index contributed by atoms with van der Waals surface area (Å²) in [7, 11) is 1.37. The van der Waals surface area contributed by atoms with E-state index in [1.807, 2.05) is 6.07 Å². The van der Waals surface area contributed by atoms with E-state index in [9.17, 15) is 4.79 Å². The molecule has 1 aliphatic carbocycles. The van der Waals surface area contributed by atoms with E-state index in [2.05, 4.69) is 17.0 Å². The predicted octanol–water partition coefficient (Wildman–Crippen LogP) is 3.05. The molecule has 0 atom stereocenters. The van der Waals surface area contributed by atoms with E-state index in [-0.39, 0.29) is 5.97 Å². The summed E-state index contributed by atoms with van der Waals surface area (Å²) in [5.41, 5.74) is 8.38. The molecule has 2 rings (SSSR count). The fourth-order valence-electron chi connectivity index (χ4n) is 2.58. The van der Waals surface area contributed by atoms with Gasteiger partial charge in [-0.3, -0.25) is 0 Å². The van der Waals surface area contributed by atoms with Crippen LogP contribution in [0.5, 0.6) is 0 Å². The number of nitrogens with one attached hydrogen (secondary N) is 1. The number of anilines is 2. The zero-order valence-corrected chi connectivity index (χ0v) is 11.7. The van der Waals surface area contributed by atoms with Crippen LogP contribution in [0.15, 0.2) is 18.2 Å². The number of hydrogen-bond donors (Lipinski definition) is 2. The highest BCUT2D eigenvalue weighted by Crippen LogP contribution is 2.43. The van der Waals surface area contributed by atoms with Crippen molar-refractivity contribution in [1.29, 1.82) is 0 Å². The Balaban J connectivity index is 2.03. The molecule has 104 valence electrons. The van der Waals surface area contributed by atoms with Crippen molar-refractivity contribution in [2.75, 3.05) is 24.7 Å². The average molecular weight is 262 g/mol. The van der Waals surface area contributed by atoms with E-state index in [4.69, 9.17) is 5.73 Å². The number of hydrogen-bond acceptors (Lipinski definition) is 4. The fraction of sp³-hybridized carbons (Fsp3) is 0.533. The molecule has 1 fully saturated rings. The van der Waals surface area contributed by atoms with Crippen LogP contribution in [-0.2, 0) is 4.74 Å². The largest absolute Gasteiger partial charge is 0.465 e. The molecule has 0 amide bonds. The highest BCUT2D eigenvalue weighted by molar-refractivity contribution is 5.91. The molecule has 0 bridgehead atoms. The zero-order chi connectivity index (χ0) is 13.9. The molecule has 0 spiro atoms. The van der Waals surface area contributed by atoms with E-state index in [1.54, 1.807) is 12.1 Å². The van der Waals surface area contributed by atoms with Gasteiger partial charge in [0.05, 0.1) is 24.0 Å². The molecule has 3 N–H and O–H groups in total. The van der Waals surface area contributed by atoms with Crippen molar-refractivity contribution < 1.29 is 9.53 Å². The van der Waals surface area contributed by atoms with Crippen LogP contribution < -0.4 is 11.1 Å². The summed E-state index contributed by atoms with van der Waals surface area (Å²) in [6.07, 6.45) is 5.10. The monoisotopic (exact) mass is 262 g/mol. The number of nitrogen functional groups attached to an aromatic ring is 1. The zero-order valence-electron chi connectivity index (χ0n) is 11.7. The number of rotatable bonds is 5. The topological polar surface area (TPSA) is 64.3 Å². The predicted molar refractivity (Wildman–Crippen MR) is 77.3 cm³/mol. The average Bonchev–Trinajstić information content (AvgIpc) is 2.38. The number of ether oxygens (including phenoxy) is 1. The van der Waals surface area contributed by atoms with Crippen LogP contribution in [-0.4, -0.2) is 19.6 Å². The van der Waals surface area contributed by atoms with Crippen LogP contribution in [0.1, 0.15) is 43.0 Å². The Hall–Kier alpha value is -1.71. The summed E-state index contributed by atoms with van der Waals surface area (Å²) in [4.78, 5) is 11.4. The highest BCUT2D eigenvalue weighted by Gasteiger charge is 2.34. The highest BCUT2D eigenvalue weighted by atomic mass is 16.5. The van der Waals surface area contributed by atoms with Gasteiger partial charge in [0.15, 0.2) is 0 Å². The van der Waals surface area contributed by atoms with Crippen molar-refractivity contribution in [3.8, 4) is 0 Å². The molecule has 1 aromatic carbocycles. The Bertz CT molecular complexity index is 462. The van der Waals surface area contributed by atoms with Crippen LogP contribution in [0.2, 0.25) is 0 Å². The van der Waals surface area contributed by atoms with Gasteiger partial charge in [-0.1, -0.05) is 13.3 Å². The minimum atomic E-state index is -0.359. The van der Waals surface area contributed by atoms with E-state index < -0.39 is 0 Å². The first-order chi connectivity index (χ1) is 9.10. The first-order valence-electron chi connectivity index (χ1n) is 6.82. The van der Waals surface area contributed by atoms with Gasteiger partial charge in [0, 0.05) is 6.54 Å². The Morgan fingerprint density at radius 2 is 2.21 bits per heavy atom. The fourth-order valence-corrected chi connectivity index (χ4v) is 2.58. The Labute approximate surface area is 114 Å². The number of carbonyl (C=O) groups excluding carboxylic acids is 1. The standard InChI is InChI=1S/C15H22N2O2/c1-3-15(7-4-8-15)10-17-13-6-5-11(9-12(13)16)14(18)19-2/h5-6,9,17H,3-4,7-8,10,16H2,1-2H3. The molecular weight excluding hydrogens is 240 g/mol. The van der Waals surface area contributed by atoms with Crippen molar-refractivity contribution in [2.45, 2.75) is 32.6 Å². The summed E-state index contributed by atoms with van der Waals surface area (Å²) >= 11 is 0. The van der Waals surface area contributed by atoms with E-state index in [1.165, 1.54) is 32.8 Å².